The van der Waals surface area contributed by atoms with Crippen molar-refractivity contribution in [2.45, 2.75) is 274 Å². The maximum absolute atomic E-state index is 13.1. The second-order valence-corrected chi connectivity index (χ2v) is 21.5. The van der Waals surface area contributed by atoms with Gasteiger partial charge >= 0.3 is 5.97 Å². The van der Waals surface area contributed by atoms with Gasteiger partial charge < -0.3 is 64.2 Å². The number of aliphatic hydroxyl groups is 7. The van der Waals surface area contributed by atoms with Gasteiger partial charge in [-0.05, 0) is 96.3 Å². The zero-order valence-electron chi connectivity index (χ0n) is 50.0. The van der Waals surface area contributed by atoms with Crippen molar-refractivity contribution in [1.29, 1.82) is 0 Å². The average molecular weight is 1140 g/mol. The third-order valence-corrected chi connectivity index (χ3v) is 14.3. The van der Waals surface area contributed by atoms with E-state index in [0.29, 0.717) is 13.0 Å². The standard InChI is InChI=1S/C67H112O14/c1-3-5-7-9-11-13-15-17-19-21-23-25-27-29-31-33-35-37-39-41-43-45-47-49-51-76-53-56(54-77-66-65(75)63(73)61(71)58(81-66)55-78-67-64(74)62(72)60(70)57(52-68)80-67)79-59(69)50-48-46-44-42-40-38-36-34-32-30-28-26-24-22-20-18-16-14-12-10-8-6-4-2/h5-8,11-14,17-20,23-26,30,32,56-58,60-68,70-75H,3-4,9-10,15-16,21-22,27-29,31,33-55H2,1-2H3/b7-5-,8-6-,13-11-,14-12-,19-17-,20-18-,25-23-,26-24-,32-30-. The van der Waals surface area contributed by atoms with Crippen LogP contribution in [0.1, 0.15) is 206 Å². The third kappa shape index (κ3) is 38.3. The number of esters is 1. The first-order valence-corrected chi connectivity index (χ1v) is 31.5. The summed E-state index contributed by atoms with van der Waals surface area (Å²) in [5, 5.41) is 72.5. The Morgan fingerprint density at radius 2 is 0.765 bits per heavy atom. The fourth-order valence-corrected chi connectivity index (χ4v) is 9.30. The van der Waals surface area contributed by atoms with Crippen LogP contribution < -0.4 is 0 Å². The predicted octanol–water partition coefficient (Wildman–Crippen LogP) is 12.3. The van der Waals surface area contributed by atoms with Crippen molar-refractivity contribution in [1.82, 2.24) is 0 Å². The van der Waals surface area contributed by atoms with Crippen molar-refractivity contribution >= 4 is 5.97 Å². The van der Waals surface area contributed by atoms with E-state index in [1.807, 2.05) is 0 Å². The van der Waals surface area contributed by atoms with Gasteiger partial charge in [-0.25, -0.2) is 0 Å². The van der Waals surface area contributed by atoms with E-state index in [4.69, 9.17) is 28.4 Å². The van der Waals surface area contributed by atoms with Gasteiger partial charge in [0, 0.05) is 13.0 Å². The van der Waals surface area contributed by atoms with Crippen molar-refractivity contribution in [2.75, 3.05) is 33.0 Å². The van der Waals surface area contributed by atoms with Gasteiger partial charge in [-0.1, -0.05) is 213 Å². The maximum Gasteiger partial charge on any atom is 0.306 e. The fourth-order valence-electron chi connectivity index (χ4n) is 9.30. The molecule has 14 heteroatoms. The third-order valence-electron chi connectivity index (χ3n) is 14.3. The lowest BCUT2D eigenvalue weighted by Crippen LogP contribution is -2.61. The van der Waals surface area contributed by atoms with Crippen molar-refractivity contribution in [3.8, 4) is 0 Å². The normalized spacial score (nSPS) is 24.5. The minimum Gasteiger partial charge on any atom is -0.457 e. The number of aliphatic hydroxyl groups excluding tert-OH is 7. The van der Waals surface area contributed by atoms with E-state index in [1.54, 1.807) is 0 Å². The summed E-state index contributed by atoms with van der Waals surface area (Å²) in [6, 6.07) is 0. The molecule has 2 aliphatic heterocycles. The lowest BCUT2D eigenvalue weighted by molar-refractivity contribution is -0.332. The van der Waals surface area contributed by atoms with Crippen molar-refractivity contribution in [3.05, 3.63) is 109 Å². The second kappa shape index (κ2) is 52.2. The molecule has 2 fully saturated rings. The Hall–Kier alpha value is -3.35. The molecule has 2 heterocycles. The highest BCUT2D eigenvalue weighted by atomic mass is 16.7. The molecule has 464 valence electrons. The molecule has 0 bridgehead atoms. The summed E-state index contributed by atoms with van der Waals surface area (Å²) >= 11 is 0. The van der Waals surface area contributed by atoms with Crippen LogP contribution in [-0.2, 0) is 33.2 Å². The highest BCUT2D eigenvalue weighted by molar-refractivity contribution is 5.69. The first-order valence-electron chi connectivity index (χ1n) is 31.5. The smallest absolute Gasteiger partial charge is 0.306 e. The van der Waals surface area contributed by atoms with Gasteiger partial charge in [0.05, 0.1) is 26.4 Å². The molecule has 11 atom stereocenters. The first-order chi connectivity index (χ1) is 39.6. The quantitative estimate of drug-likeness (QED) is 0.0172. The molecule has 11 unspecified atom stereocenters. The lowest BCUT2D eigenvalue weighted by atomic mass is 9.98. The van der Waals surface area contributed by atoms with E-state index < -0.39 is 86.7 Å². The molecule has 2 rings (SSSR count). The van der Waals surface area contributed by atoms with E-state index >= 15 is 0 Å². The summed E-state index contributed by atoms with van der Waals surface area (Å²) in [4.78, 5) is 13.1. The van der Waals surface area contributed by atoms with Crippen LogP contribution in [0.15, 0.2) is 109 Å². The van der Waals surface area contributed by atoms with E-state index in [2.05, 4.69) is 123 Å². The minimum absolute atomic E-state index is 0.0481. The van der Waals surface area contributed by atoms with Crippen LogP contribution >= 0.6 is 0 Å². The van der Waals surface area contributed by atoms with E-state index in [1.165, 1.54) is 57.8 Å². The minimum atomic E-state index is -1.72. The number of carbonyl (C=O) groups excluding carboxylic acids is 1. The average Bonchev–Trinajstić information content (AvgIpc) is 3.46. The van der Waals surface area contributed by atoms with Crippen LogP contribution in [0.25, 0.3) is 0 Å². The Balaban J connectivity index is 1.69. The number of carbonyl (C=O) groups is 1. The molecule has 2 saturated heterocycles. The Morgan fingerprint density at radius 1 is 0.407 bits per heavy atom. The number of rotatable bonds is 50. The largest absolute Gasteiger partial charge is 0.457 e. The van der Waals surface area contributed by atoms with Crippen LogP contribution in [0.5, 0.6) is 0 Å². The highest BCUT2D eigenvalue weighted by Crippen LogP contribution is 2.27. The maximum atomic E-state index is 13.1. The summed E-state index contributed by atoms with van der Waals surface area (Å²) in [7, 11) is 0. The number of unbranched alkanes of at least 4 members (excludes halogenated alkanes) is 18. The second-order valence-electron chi connectivity index (χ2n) is 21.5. The molecule has 0 aliphatic carbocycles. The summed E-state index contributed by atoms with van der Waals surface area (Å²) < 4.78 is 34.5. The van der Waals surface area contributed by atoms with Crippen molar-refractivity contribution < 1.29 is 69.0 Å². The zero-order valence-corrected chi connectivity index (χ0v) is 50.0. The first kappa shape index (κ1) is 73.8. The molecule has 0 saturated carbocycles. The van der Waals surface area contributed by atoms with Crippen LogP contribution in [0.3, 0.4) is 0 Å². The van der Waals surface area contributed by atoms with Crippen LogP contribution in [0, 0.1) is 0 Å². The fraction of sp³-hybridized carbons (Fsp3) is 0.716. The van der Waals surface area contributed by atoms with Gasteiger partial charge in [-0.3, -0.25) is 4.79 Å². The molecule has 81 heavy (non-hydrogen) atoms. The molecule has 0 radical (unpaired) electrons. The number of hydrogen-bond donors (Lipinski definition) is 7. The topological polar surface area (TPSA) is 214 Å². The van der Waals surface area contributed by atoms with E-state index in [9.17, 15) is 40.5 Å². The van der Waals surface area contributed by atoms with Gasteiger partial charge in [0.25, 0.3) is 0 Å². The number of allylic oxidation sites excluding steroid dienone is 18. The molecule has 0 aromatic carbocycles. The van der Waals surface area contributed by atoms with Gasteiger partial charge in [-0.2, -0.15) is 0 Å². The summed E-state index contributed by atoms with van der Waals surface area (Å²) in [6.45, 7) is 3.44. The van der Waals surface area contributed by atoms with Gasteiger partial charge in [0.2, 0.25) is 0 Å². The summed E-state index contributed by atoms with van der Waals surface area (Å²) in [5.74, 6) is -0.391. The Bertz CT molecular complexity index is 1750. The molecule has 2 aliphatic rings. The van der Waals surface area contributed by atoms with Crippen LogP contribution in [0.2, 0.25) is 0 Å². The Kier molecular flexibility index (Phi) is 47.5. The summed E-state index contributed by atoms with van der Waals surface area (Å²) in [6.07, 6.45) is 55.7. The van der Waals surface area contributed by atoms with Gasteiger partial charge in [-0.15, -0.1) is 0 Å². The Labute approximate surface area is 489 Å². The monoisotopic (exact) mass is 1140 g/mol. The van der Waals surface area contributed by atoms with Crippen molar-refractivity contribution in [2.24, 2.45) is 0 Å². The lowest BCUT2D eigenvalue weighted by Gasteiger charge is -2.42. The van der Waals surface area contributed by atoms with Crippen LogP contribution in [-0.4, -0.2) is 142 Å². The molecule has 0 aromatic rings. The van der Waals surface area contributed by atoms with Gasteiger partial charge in [0.1, 0.15) is 54.9 Å². The summed E-state index contributed by atoms with van der Waals surface area (Å²) in [5.41, 5.74) is 0. The van der Waals surface area contributed by atoms with Crippen molar-refractivity contribution in [3.63, 3.8) is 0 Å². The van der Waals surface area contributed by atoms with Crippen LogP contribution in [0.4, 0.5) is 0 Å². The molecular weight excluding hydrogens is 1030 g/mol. The molecule has 0 aromatic heterocycles. The van der Waals surface area contributed by atoms with E-state index in [0.717, 1.165) is 122 Å². The molecule has 0 spiro atoms. The van der Waals surface area contributed by atoms with E-state index in [-0.39, 0.29) is 19.6 Å². The Morgan fingerprint density at radius 3 is 1.20 bits per heavy atom. The molecule has 7 N–H and O–H groups in total. The number of hydrogen-bond acceptors (Lipinski definition) is 14. The molecular formula is C67H112O14. The SMILES string of the molecule is CC/C=C\C/C=C\C/C=C\C/C=C\C/C=C\CCCCCCCCCC(=O)OC(COCCCCCCCCCCCCC/C=C\C/C=C\C/C=C\C/C=C\CC)COC1OC(COC2OC(CO)C(O)C(O)C2O)C(O)C(O)C1O. The molecule has 14 nitrogen and oxygen atoms in total. The highest BCUT2D eigenvalue weighted by Gasteiger charge is 2.47. The molecule has 0 amide bonds. The predicted molar refractivity (Wildman–Crippen MR) is 325 cm³/mol. The van der Waals surface area contributed by atoms with Gasteiger partial charge in [0.15, 0.2) is 12.6 Å². The zero-order chi connectivity index (χ0) is 58.6. The number of ether oxygens (including phenoxy) is 6.